The maximum atomic E-state index is 10.9. The standard InChI is InChI=1S/C8H17NO4S/c1-7(3-6-14(2)12)9-8(11)13-5-4-10/h7,10H,3-6H2,1-2H3,(H,9,11). The van der Waals surface area contributed by atoms with Crippen molar-refractivity contribution in [3.63, 3.8) is 0 Å². The van der Waals surface area contributed by atoms with Gasteiger partial charge in [-0.2, -0.15) is 0 Å². The Labute approximate surface area is 86.3 Å². The van der Waals surface area contributed by atoms with Gasteiger partial charge in [0, 0.05) is 28.9 Å². The molecule has 2 atom stereocenters. The van der Waals surface area contributed by atoms with Gasteiger partial charge in [0.2, 0.25) is 0 Å². The van der Waals surface area contributed by atoms with Crippen LogP contribution in [0.5, 0.6) is 0 Å². The highest BCUT2D eigenvalue weighted by Crippen LogP contribution is 1.93. The van der Waals surface area contributed by atoms with Gasteiger partial charge in [-0.3, -0.25) is 4.21 Å². The van der Waals surface area contributed by atoms with Crippen molar-refractivity contribution >= 4 is 16.9 Å². The lowest BCUT2D eigenvalue weighted by Crippen LogP contribution is -2.34. The van der Waals surface area contributed by atoms with Gasteiger partial charge in [-0.1, -0.05) is 0 Å². The summed E-state index contributed by atoms with van der Waals surface area (Å²) in [4.78, 5) is 10.9. The molecule has 2 unspecified atom stereocenters. The first-order valence-corrected chi connectivity index (χ1v) is 6.13. The number of carbonyl (C=O) groups excluding carboxylic acids is 1. The van der Waals surface area contributed by atoms with E-state index in [-0.39, 0.29) is 19.3 Å². The normalized spacial score (nSPS) is 14.5. The molecule has 0 fully saturated rings. The number of hydrogen-bond donors (Lipinski definition) is 2. The average Bonchev–Trinajstić information content (AvgIpc) is 2.11. The topological polar surface area (TPSA) is 75.6 Å². The van der Waals surface area contributed by atoms with Crippen molar-refractivity contribution in [1.82, 2.24) is 5.32 Å². The summed E-state index contributed by atoms with van der Waals surface area (Å²) in [6, 6.07) is -0.0647. The van der Waals surface area contributed by atoms with Crippen molar-refractivity contribution in [3.8, 4) is 0 Å². The Hall–Kier alpha value is -0.620. The Morgan fingerprint density at radius 1 is 1.64 bits per heavy atom. The summed E-state index contributed by atoms with van der Waals surface area (Å²) in [6.07, 6.45) is 1.72. The number of rotatable bonds is 6. The van der Waals surface area contributed by atoms with E-state index in [1.54, 1.807) is 6.26 Å². The molecule has 0 spiro atoms. The van der Waals surface area contributed by atoms with E-state index in [4.69, 9.17) is 5.11 Å². The molecule has 0 saturated carbocycles. The molecule has 1 amide bonds. The molecule has 0 aromatic rings. The molecule has 0 aliphatic heterocycles. The summed E-state index contributed by atoms with van der Waals surface area (Å²) in [7, 11) is -0.838. The molecule has 6 heteroatoms. The minimum Gasteiger partial charge on any atom is -0.447 e. The van der Waals surface area contributed by atoms with Gasteiger partial charge in [-0.25, -0.2) is 4.79 Å². The number of carbonyl (C=O) groups is 1. The number of aliphatic hydroxyl groups excluding tert-OH is 1. The van der Waals surface area contributed by atoms with E-state index in [1.165, 1.54) is 0 Å². The van der Waals surface area contributed by atoms with Crippen LogP contribution in [0.15, 0.2) is 0 Å². The number of hydrogen-bond acceptors (Lipinski definition) is 4. The van der Waals surface area contributed by atoms with E-state index < -0.39 is 16.9 Å². The lowest BCUT2D eigenvalue weighted by molar-refractivity contribution is 0.116. The van der Waals surface area contributed by atoms with Crippen LogP contribution in [-0.2, 0) is 15.5 Å². The number of aliphatic hydroxyl groups is 1. The Balaban J connectivity index is 3.55. The van der Waals surface area contributed by atoms with Crippen LogP contribution in [0.1, 0.15) is 13.3 Å². The van der Waals surface area contributed by atoms with Crippen molar-refractivity contribution < 1.29 is 18.8 Å². The van der Waals surface area contributed by atoms with Crippen molar-refractivity contribution in [2.45, 2.75) is 19.4 Å². The molecule has 84 valence electrons. The van der Waals surface area contributed by atoms with Crippen LogP contribution in [0.25, 0.3) is 0 Å². The summed E-state index contributed by atoms with van der Waals surface area (Å²) in [5.41, 5.74) is 0. The van der Waals surface area contributed by atoms with Crippen LogP contribution < -0.4 is 5.32 Å². The average molecular weight is 223 g/mol. The Kier molecular flexibility index (Phi) is 7.41. The Bertz CT molecular complexity index is 198. The third-order valence-electron chi connectivity index (χ3n) is 1.53. The molecule has 2 N–H and O–H groups in total. The predicted octanol–water partition coefficient (Wildman–Crippen LogP) is -0.138. The summed E-state index contributed by atoms with van der Waals surface area (Å²) < 4.78 is 15.3. The summed E-state index contributed by atoms with van der Waals surface area (Å²) in [5.74, 6) is 0.557. The third kappa shape index (κ3) is 8.00. The second-order valence-corrected chi connectivity index (χ2v) is 4.53. The van der Waals surface area contributed by atoms with Gasteiger partial charge >= 0.3 is 6.09 Å². The molecule has 14 heavy (non-hydrogen) atoms. The Morgan fingerprint density at radius 2 is 2.29 bits per heavy atom. The van der Waals surface area contributed by atoms with Gasteiger partial charge in [0.15, 0.2) is 0 Å². The fourth-order valence-electron chi connectivity index (χ4n) is 0.796. The van der Waals surface area contributed by atoms with E-state index >= 15 is 0 Å². The van der Waals surface area contributed by atoms with E-state index in [0.29, 0.717) is 12.2 Å². The van der Waals surface area contributed by atoms with E-state index in [1.807, 2.05) is 6.92 Å². The van der Waals surface area contributed by atoms with Gasteiger partial charge in [0.25, 0.3) is 0 Å². The quantitative estimate of drug-likeness (QED) is 0.657. The molecular formula is C8H17NO4S. The molecule has 0 saturated heterocycles. The summed E-state index contributed by atoms with van der Waals surface area (Å²) in [6.45, 7) is 1.63. The van der Waals surface area contributed by atoms with Crippen molar-refractivity contribution in [2.75, 3.05) is 25.2 Å². The monoisotopic (exact) mass is 223 g/mol. The molecule has 0 aliphatic rings. The minimum atomic E-state index is -0.838. The number of ether oxygens (including phenoxy) is 1. The largest absolute Gasteiger partial charge is 0.447 e. The SMILES string of the molecule is CC(CCS(C)=O)NC(=O)OCCO. The molecule has 5 nitrogen and oxygen atoms in total. The van der Waals surface area contributed by atoms with Gasteiger partial charge in [-0.05, 0) is 13.3 Å². The highest BCUT2D eigenvalue weighted by molar-refractivity contribution is 7.84. The Morgan fingerprint density at radius 3 is 2.79 bits per heavy atom. The molecular weight excluding hydrogens is 206 g/mol. The van der Waals surface area contributed by atoms with Crippen LogP contribution in [0.2, 0.25) is 0 Å². The molecule has 0 radical (unpaired) electrons. The third-order valence-corrected chi connectivity index (χ3v) is 2.34. The smallest absolute Gasteiger partial charge is 0.407 e. The van der Waals surface area contributed by atoms with Crippen LogP contribution in [0, 0.1) is 0 Å². The lowest BCUT2D eigenvalue weighted by Gasteiger charge is -2.12. The van der Waals surface area contributed by atoms with E-state index in [2.05, 4.69) is 10.1 Å². The highest BCUT2D eigenvalue weighted by atomic mass is 32.2. The fraction of sp³-hybridized carbons (Fsp3) is 0.875. The minimum absolute atomic E-state index is 0.00172. The first-order chi connectivity index (χ1) is 6.56. The van der Waals surface area contributed by atoms with E-state index in [0.717, 1.165) is 0 Å². The van der Waals surface area contributed by atoms with Gasteiger partial charge < -0.3 is 15.2 Å². The van der Waals surface area contributed by atoms with Crippen molar-refractivity contribution in [1.29, 1.82) is 0 Å². The molecule has 0 aromatic heterocycles. The maximum absolute atomic E-state index is 10.9. The first-order valence-electron chi connectivity index (χ1n) is 4.40. The zero-order valence-electron chi connectivity index (χ0n) is 8.49. The highest BCUT2D eigenvalue weighted by Gasteiger charge is 2.07. The second kappa shape index (κ2) is 7.75. The van der Waals surface area contributed by atoms with E-state index in [9.17, 15) is 9.00 Å². The fourth-order valence-corrected chi connectivity index (χ4v) is 1.48. The second-order valence-electron chi connectivity index (χ2n) is 2.97. The summed E-state index contributed by atoms with van der Waals surface area (Å²) >= 11 is 0. The number of nitrogens with one attached hydrogen (secondary N) is 1. The van der Waals surface area contributed by atoms with Crippen molar-refractivity contribution in [3.05, 3.63) is 0 Å². The lowest BCUT2D eigenvalue weighted by atomic mass is 10.3. The molecule has 0 aliphatic carbocycles. The van der Waals surface area contributed by atoms with Crippen molar-refractivity contribution in [2.24, 2.45) is 0 Å². The zero-order chi connectivity index (χ0) is 11.0. The van der Waals surface area contributed by atoms with Crippen LogP contribution >= 0.6 is 0 Å². The molecule has 0 heterocycles. The predicted molar refractivity (Wildman–Crippen MR) is 54.6 cm³/mol. The summed E-state index contributed by atoms with van der Waals surface area (Å²) in [5, 5.41) is 10.9. The zero-order valence-corrected chi connectivity index (χ0v) is 9.30. The number of alkyl carbamates (subject to hydrolysis) is 1. The maximum Gasteiger partial charge on any atom is 0.407 e. The van der Waals surface area contributed by atoms with Gasteiger partial charge in [-0.15, -0.1) is 0 Å². The molecule has 0 rings (SSSR count). The molecule has 0 bridgehead atoms. The van der Waals surface area contributed by atoms with Gasteiger partial charge in [0.05, 0.1) is 6.61 Å². The van der Waals surface area contributed by atoms with Crippen LogP contribution in [0.4, 0.5) is 4.79 Å². The molecule has 0 aromatic carbocycles. The van der Waals surface area contributed by atoms with Gasteiger partial charge in [0.1, 0.15) is 6.61 Å². The van der Waals surface area contributed by atoms with Crippen LogP contribution in [0.3, 0.4) is 0 Å². The first kappa shape index (κ1) is 13.4. The number of amides is 1. The van der Waals surface area contributed by atoms with Crippen LogP contribution in [-0.4, -0.2) is 46.7 Å².